The third-order valence-corrected chi connectivity index (χ3v) is 5.54. The van der Waals surface area contributed by atoms with Gasteiger partial charge in [0.1, 0.15) is 29.5 Å². The Labute approximate surface area is 198 Å². The average molecular weight is 485 g/mol. The number of fused-ring (bicyclic) bond motifs is 2. The molecule has 13 heteroatoms. The summed E-state index contributed by atoms with van der Waals surface area (Å²) in [5, 5.41) is 18.1. The van der Waals surface area contributed by atoms with E-state index in [1.807, 2.05) is 13.8 Å². The zero-order chi connectivity index (χ0) is 25.3. The van der Waals surface area contributed by atoms with E-state index in [0.29, 0.717) is 6.42 Å². The molecule has 1 aliphatic heterocycles. The van der Waals surface area contributed by atoms with Gasteiger partial charge in [-0.15, -0.1) is 0 Å². The lowest BCUT2D eigenvalue weighted by atomic mass is 10.2. The summed E-state index contributed by atoms with van der Waals surface area (Å²) in [5.41, 5.74) is -0.337. The molecular weight excluding hydrogens is 461 g/mol. The van der Waals surface area contributed by atoms with Gasteiger partial charge in [0.2, 0.25) is 5.91 Å². The highest BCUT2D eigenvalue weighted by molar-refractivity contribution is 5.99. The molecule has 3 aromatic rings. The van der Waals surface area contributed by atoms with E-state index in [1.54, 1.807) is 0 Å². The van der Waals surface area contributed by atoms with Crippen molar-refractivity contribution in [2.45, 2.75) is 39.4 Å². The first kappa shape index (κ1) is 24.0. The lowest BCUT2D eigenvalue weighted by Crippen LogP contribution is -2.32. The number of aromatic nitrogens is 4. The van der Waals surface area contributed by atoms with Gasteiger partial charge in [-0.1, -0.05) is 0 Å². The number of hydrogen-bond acceptors (Lipinski definition) is 7. The van der Waals surface area contributed by atoms with Gasteiger partial charge in [-0.3, -0.25) is 19.2 Å². The van der Waals surface area contributed by atoms with E-state index in [-0.39, 0.29) is 60.7 Å². The molecule has 35 heavy (non-hydrogen) atoms. The molecule has 3 aromatic heterocycles. The summed E-state index contributed by atoms with van der Waals surface area (Å²) in [6.45, 7) is 3.38. The monoisotopic (exact) mass is 485 g/mol. The molecule has 0 saturated heterocycles. The maximum absolute atomic E-state index is 13.2. The second-order valence-corrected chi connectivity index (χ2v) is 8.29. The molecule has 0 unspecified atom stereocenters. The number of nitrogens with one attached hydrogen (secondary N) is 2. The summed E-state index contributed by atoms with van der Waals surface area (Å²) in [7, 11) is 0. The van der Waals surface area contributed by atoms with E-state index in [9.17, 15) is 23.6 Å². The van der Waals surface area contributed by atoms with Crippen molar-refractivity contribution in [1.82, 2.24) is 29.4 Å². The Morgan fingerprint density at radius 1 is 1.26 bits per heavy atom. The number of rotatable bonds is 8. The van der Waals surface area contributed by atoms with Gasteiger partial charge < -0.3 is 25.2 Å². The predicted octanol–water partition coefficient (Wildman–Crippen LogP) is 0.145. The summed E-state index contributed by atoms with van der Waals surface area (Å²) in [6.07, 6.45) is 1.30. The minimum Gasteiger partial charge on any atom is -0.396 e. The first-order valence-electron chi connectivity index (χ1n) is 11.0. The van der Waals surface area contributed by atoms with E-state index in [1.165, 1.54) is 21.6 Å². The molecule has 0 aromatic carbocycles. The van der Waals surface area contributed by atoms with Gasteiger partial charge in [-0.05, 0) is 32.4 Å². The molecule has 3 N–H and O–H groups in total. The standard InChI is InChI=1S/C22H24FN7O5/c1-12(2)28-10-14-19(22(28)35)29(11-17(32)26-16-5-4-13(23)9-25-16)18-8-15(27-30(18)21(14)34)20(33)24-6-3-7-31/h4-5,8-9,12,31H,3,6-7,10-11H2,1-2H3,(H,24,33)(H,25,26,32). The summed E-state index contributed by atoms with van der Waals surface area (Å²) >= 11 is 0. The highest BCUT2D eigenvalue weighted by Gasteiger charge is 2.36. The average Bonchev–Trinajstić information content (AvgIpc) is 3.41. The number of nitrogens with zero attached hydrogens (tertiary/aromatic N) is 5. The largest absolute Gasteiger partial charge is 0.396 e. The number of anilines is 1. The first-order chi connectivity index (χ1) is 16.7. The Morgan fingerprint density at radius 2 is 2.03 bits per heavy atom. The highest BCUT2D eigenvalue weighted by Crippen LogP contribution is 2.24. The molecule has 0 aliphatic carbocycles. The molecule has 0 atom stereocenters. The van der Waals surface area contributed by atoms with Crippen molar-refractivity contribution in [3.63, 3.8) is 0 Å². The molecule has 0 saturated carbocycles. The maximum atomic E-state index is 13.2. The lowest BCUT2D eigenvalue weighted by molar-refractivity contribution is -0.116. The van der Waals surface area contributed by atoms with Crippen molar-refractivity contribution in [2.75, 3.05) is 18.5 Å². The molecule has 0 radical (unpaired) electrons. The van der Waals surface area contributed by atoms with E-state index in [2.05, 4.69) is 20.7 Å². The normalized spacial score (nSPS) is 12.9. The van der Waals surface area contributed by atoms with E-state index >= 15 is 0 Å². The molecule has 0 spiro atoms. The van der Waals surface area contributed by atoms with Crippen molar-refractivity contribution < 1.29 is 23.9 Å². The quantitative estimate of drug-likeness (QED) is 0.384. The van der Waals surface area contributed by atoms with Crippen LogP contribution in [-0.4, -0.2) is 66.1 Å². The number of amides is 3. The van der Waals surface area contributed by atoms with Crippen molar-refractivity contribution in [1.29, 1.82) is 0 Å². The van der Waals surface area contributed by atoms with E-state index in [0.717, 1.165) is 16.8 Å². The Kier molecular flexibility index (Phi) is 6.60. The molecule has 4 rings (SSSR count). The minimum atomic E-state index is -0.581. The van der Waals surface area contributed by atoms with Gasteiger partial charge >= 0.3 is 0 Å². The molecule has 1 aliphatic rings. The van der Waals surface area contributed by atoms with Gasteiger partial charge in [0.25, 0.3) is 17.4 Å². The van der Waals surface area contributed by atoms with Gasteiger partial charge in [-0.2, -0.15) is 9.61 Å². The summed E-state index contributed by atoms with van der Waals surface area (Å²) in [6, 6.07) is 3.56. The van der Waals surface area contributed by atoms with Gasteiger partial charge in [0.05, 0.1) is 18.3 Å². The van der Waals surface area contributed by atoms with Crippen molar-refractivity contribution in [2.24, 2.45) is 0 Å². The van der Waals surface area contributed by atoms with Crippen LogP contribution >= 0.6 is 0 Å². The Balaban J connectivity index is 1.77. The smallest absolute Gasteiger partial charge is 0.280 e. The molecular formula is C22H24FN7O5. The Bertz CT molecular complexity index is 1360. The van der Waals surface area contributed by atoms with Gasteiger partial charge in [0.15, 0.2) is 5.69 Å². The number of hydrogen-bond donors (Lipinski definition) is 3. The van der Waals surface area contributed by atoms with Crippen LogP contribution in [0, 0.1) is 5.82 Å². The summed E-state index contributed by atoms with van der Waals surface area (Å²) < 4.78 is 15.5. The van der Waals surface area contributed by atoms with Crippen LogP contribution in [0.15, 0.2) is 29.2 Å². The number of aliphatic hydroxyl groups is 1. The van der Waals surface area contributed by atoms with Crippen LogP contribution in [0.25, 0.3) is 5.65 Å². The summed E-state index contributed by atoms with van der Waals surface area (Å²) in [4.78, 5) is 57.0. The van der Waals surface area contributed by atoms with Gasteiger partial charge in [0, 0.05) is 25.3 Å². The number of halogens is 1. The fraction of sp³-hybridized carbons (Fsp3) is 0.364. The molecule has 0 fully saturated rings. The number of pyridine rings is 1. The fourth-order valence-electron chi connectivity index (χ4n) is 3.82. The zero-order valence-corrected chi connectivity index (χ0v) is 19.1. The number of aliphatic hydroxyl groups excluding tert-OH is 1. The maximum Gasteiger partial charge on any atom is 0.280 e. The minimum absolute atomic E-state index is 0.0413. The van der Waals surface area contributed by atoms with Crippen molar-refractivity contribution >= 4 is 29.2 Å². The van der Waals surface area contributed by atoms with Crippen LogP contribution in [0.3, 0.4) is 0 Å². The topological polar surface area (TPSA) is 151 Å². The van der Waals surface area contributed by atoms with Crippen LogP contribution in [0.1, 0.15) is 46.8 Å². The van der Waals surface area contributed by atoms with E-state index < -0.39 is 29.1 Å². The lowest BCUT2D eigenvalue weighted by Gasteiger charge is -2.20. The molecule has 12 nitrogen and oxygen atoms in total. The molecule has 3 amide bonds. The fourth-order valence-corrected chi connectivity index (χ4v) is 3.82. The second kappa shape index (κ2) is 9.62. The molecule has 4 heterocycles. The van der Waals surface area contributed by atoms with Crippen LogP contribution < -0.4 is 16.2 Å². The predicted molar refractivity (Wildman–Crippen MR) is 121 cm³/mol. The number of carbonyl (C=O) groups is 3. The zero-order valence-electron chi connectivity index (χ0n) is 19.1. The van der Waals surface area contributed by atoms with Crippen LogP contribution in [0.5, 0.6) is 0 Å². The van der Waals surface area contributed by atoms with E-state index in [4.69, 9.17) is 5.11 Å². The van der Waals surface area contributed by atoms with Crippen LogP contribution in [-0.2, 0) is 17.9 Å². The Hall–Kier alpha value is -4.13. The summed E-state index contributed by atoms with van der Waals surface area (Å²) in [5.74, 6) is -2.02. The first-order valence-corrected chi connectivity index (χ1v) is 11.0. The number of carbonyl (C=O) groups excluding carboxylic acids is 3. The Morgan fingerprint density at radius 3 is 2.69 bits per heavy atom. The third-order valence-electron chi connectivity index (χ3n) is 5.54. The second-order valence-electron chi connectivity index (χ2n) is 8.29. The third kappa shape index (κ3) is 4.62. The van der Waals surface area contributed by atoms with Crippen molar-refractivity contribution in [3.8, 4) is 0 Å². The highest BCUT2D eigenvalue weighted by atomic mass is 19.1. The molecule has 0 bridgehead atoms. The van der Waals surface area contributed by atoms with Crippen LogP contribution in [0.2, 0.25) is 0 Å². The van der Waals surface area contributed by atoms with Crippen LogP contribution in [0.4, 0.5) is 10.2 Å². The SMILES string of the molecule is CC(C)N1Cc2c(n(CC(=O)Nc3ccc(F)cn3)c3cc(C(=O)NCCCO)nn3c2=O)C1=O. The molecule has 184 valence electrons. The van der Waals surface area contributed by atoms with Crippen molar-refractivity contribution in [3.05, 3.63) is 57.5 Å². The van der Waals surface area contributed by atoms with Gasteiger partial charge in [-0.25, -0.2) is 9.37 Å².